The normalized spacial score (nSPS) is 20.0. The first-order valence-corrected chi connectivity index (χ1v) is 8.32. The molecule has 1 aliphatic rings. The minimum Gasteiger partial charge on any atom is -0.312 e. The van der Waals surface area contributed by atoms with Gasteiger partial charge in [0.05, 0.1) is 3.79 Å². The number of hydrogen-bond donors (Lipinski definition) is 1. The molecule has 0 saturated heterocycles. The first-order chi connectivity index (χ1) is 9.29. The summed E-state index contributed by atoms with van der Waals surface area (Å²) in [7, 11) is 2.05. The second-order valence-electron chi connectivity index (χ2n) is 5.00. The van der Waals surface area contributed by atoms with Gasteiger partial charge in [-0.05, 0) is 70.9 Å². The zero-order chi connectivity index (χ0) is 13.2. The molecule has 4 heteroatoms. The van der Waals surface area contributed by atoms with Crippen molar-refractivity contribution in [2.45, 2.75) is 31.2 Å². The lowest BCUT2D eigenvalue weighted by Crippen LogP contribution is -2.27. The molecule has 19 heavy (non-hydrogen) atoms. The van der Waals surface area contributed by atoms with Gasteiger partial charge in [0.2, 0.25) is 0 Å². The molecule has 1 N–H and O–H groups in total. The van der Waals surface area contributed by atoms with E-state index < -0.39 is 0 Å². The highest BCUT2D eigenvalue weighted by atomic mass is 79.9. The van der Waals surface area contributed by atoms with Crippen LogP contribution in [-0.4, -0.2) is 12.0 Å². The van der Waals surface area contributed by atoms with Crippen LogP contribution in [0.2, 0.25) is 0 Å². The Morgan fingerprint density at radius 3 is 3.16 bits per heavy atom. The van der Waals surface area contributed by atoms with Crippen LogP contribution >= 0.6 is 27.3 Å². The average Bonchev–Trinajstić information content (AvgIpc) is 2.86. The molecule has 3 rings (SSSR count). The fraction of sp³-hybridized carbons (Fsp3) is 0.400. The number of pyridine rings is 1. The van der Waals surface area contributed by atoms with Crippen molar-refractivity contribution in [2.75, 3.05) is 7.05 Å². The summed E-state index contributed by atoms with van der Waals surface area (Å²) < 4.78 is 1.19. The van der Waals surface area contributed by atoms with Crippen LogP contribution in [0.3, 0.4) is 0 Å². The van der Waals surface area contributed by atoms with Gasteiger partial charge in [-0.25, -0.2) is 0 Å². The van der Waals surface area contributed by atoms with Crippen molar-refractivity contribution < 1.29 is 0 Å². The Bertz CT molecular complexity index is 567. The third kappa shape index (κ3) is 2.62. The fourth-order valence-electron chi connectivity index (χ4n) is 3.06. The molecule has 0 radical (unpaired) electrons. The SMILES string of the molecule is CNC(c1csc(Br)c1)C1CCCc2cccnc21. The van der Waals surface area contributed by atoms with Crippen LogP contribution in [0.1, 0.15) is 41.6 Å². The smallest absolute Gasteiger partial charge is 0.0701 e. The van der Waals surface area contributed by atoms with Crippen LogP contribution in [0.15, 0.2) is 33.6 Å². The third-order valence-corrected chi connectivity index (χ3v) is 5.42. The highest BCUT2D eigenvalue weighted by molar-refractivity contribution is 9.11. The maximum absolute atomic E-state index is 4.65. The largest absolute Gasteiger partial charge is 0.312 e. The topological polar surface area (TPSA) is 24.9 Å². The molecule has 2 aromatic rings. The van der Waals surface area contributed by atoms with E-state index in [1.54, 1.807) is 11.3 Å². The second kappa shape index (κ2) is 5.73. The molecule has 2 nitrogen and oxygen atoms in total. The van der Waals surface area contributed by atoms with Gasteiger partial charge < -0.3 is 5.32 Å². The van der Waals surface area contributed by atoms with E-state index >= 15 is 0 Å². The van der Waals surface area contributed by atoms with Gasteiger partial charge in [-0.2, -0.15) is 0 Å². The summed E-state index contributed by atoms with van der Waals surface area (Å²) in [5.41, 5.74) is 4.08. The summed E-state index contributed by atoms with van der Waals surface area (Å²) in [5, 5.41) is 5.73. The number of halogens is 1. The van der Waals surface area contributed by atoms with E-state index in [9.17, 15) is 0 Å². The molecule has 1 aliphatic carbocycles. The van der Waals surface area contributed by atoms with E-state index in [0.29, 0.717) is 12.0 Å². The minimum absolute atomic E-state index is 0.358. The van der Waals surface area contributed by atoms with Crippen molar-refractivity contribution in [3.63, 3.8) is 0 Å². The van der Waals surface area contributed by atoms with Crippen LogP contribution in [0.4, 0.5) is 0 Å². The molecular formula is C15H17BrN2S. The maximum atomic E-state index is 4.65. The number of aromatic nitrogens is 1. The summed E-state index contributed by atoms with van der Waals surface area (Å²) in [6.07, 6.45) is 5.56. The number of hydrogen-bond acceptors (Lipinski definition) is 3. The van der Waals surface area contributed by atoms with Crippen LogP contribution in [-0.2, 0) is 6.42 Å². The summed E-state index contributed by atoms with van der Waals surface area (Å²) in [4.78, 5) is 4.65. The van der Waals surface area contributed by atoms with Gasteiger partial charge in [0.15, 0.2) is 0 Å². The molecule has 0 saturated carbocycles. The molecule has 2 heterocycles. The van der Waals surface area contributed by atoms with Gasteiger partial charge in [-0.1, -0.05) is 6.07 Å². The molecule has 100 valence electrons. The van der Waals surface area contributed by atoms with Crippen molar-refractivity contribution in [3.8, 4) is 0 Å². The number of likely N-dealkylation sites (N-methyl/N-ethyl adjacent to an activating group) is 1. The van der Waals surface area contributed by atoms with Crippen LogP contribution < -0.4 is 5.32 Å². The predicted octanol–water partition coefficient (Wildman–Crippen LogP) is 4.29. The number of nitrogens with zero attached hydrogens (tertiary/aromatic N) is 1. The van der Waals surface area contributed by atoms with E-state index in [-0.39, 0.29) is 0 Å². The Morgan fingerprint density at radius 2 is 2.42 bits per heavy atom. The molecule has 0 fully saturated rings. The Labute approximate surface area is 126 Å². The van der Waals surface area contributed by atoms with Gasteiger partial charge in [0, 0.05) is 23.9 Å². The maximum Gasteiger partial charge on any atom is 0.0701 e. The van der Waals surface area contributed by atoms with E-state index in [0.717, 1.165) is 0 Å². The van der Waals surface area contributed by atoms with Gasteiger partial charge in [-0.3, -0.25) is 4.98 Å². The second-order valence-corrected chi connectivity index (χ2v) is 7.29. The van der Waals surface area contributed by atoms with E-state index in [2.05, 4.69) is 49.8 Å². The zero-order valence-corrected chi connectivity index (χ0v) is 13.3. The highest BCUT2D eigenvalue weighted by Gasteiger charge is 2.29. The van der Waals surface area contributed by atoms with Crippen molar-refractivity contribution in [1.29, 1.82) is 0 Å². The lowest BCUT2D eigenvalue weighted by atomic mass is 9.80. The molecule has 0 spiro atoms. The summed E-state index contributed by atoms with van der Waals surface area (Å²) in [5.74, 6) is 0.483. The third-order valence-electron chi connectivity index (χ3n) is 3.90. The number of nitrogens with one attached hydrogen (secondary N) is 1. The molecule has 2 unspecified atom stereocenters. The van der Waals surface area contributed by atoms with Gasteiger partial charge in [0.25, 0.3) is 0 Å². The molecule has 0 bridgehead atoms. The summed E-state index contributed by atoms with van der Waals surface area (Å²) in [6.45, 7) is 0. The predicted molar refractivity (Wildman–Crippen MR) is 83.7 cm³/mol. The number of aryl methyl sites for hydroxylation is 1. The number of thiophene rings is 1. The molecule has 2 aromatic heterocycles. The van der Waals surface area contributed by atoms with Crippen LogP contribution in [0.25, 0.3) is 0 Å². The van der Waals surface area contributed by atoms with Crippen molar-refractivity contribution in [2.24, 2.45) is 0 Å². The minimum atomic E-state index is 0.358. The van der Waals surface area contributed by atoms with Crippen molar-refractivity contribution >= 4 is 27.3 Å². The lowest BCUT2D eigenvalue weighted by Gasteiger charge is -2.31. The van der Waals surface area contributed by atoms with Gasteiger partial charge in [0.1, 0.15) is 0 Å². The van der Waals surface area contributed by atoms with E-state index in [4.69, 9.17) is 0 Å². The van der Waals surface area contributed by atoms with E-state index in [1.807, 2.05) is 13.2 Å². The molecule has 0 aliphatic heterocycles. The Balaban J connectivity index is 1.97. The fourth-order valence-corrected chi connectivity index (χ4v) is 4.27. The Morgan fingerprint density at radius 1 is 1.53 bits per heavy atom. The van der Waals surface area contributed by atoms with E-state index in [1.165, 1.54) is 39.9 Å². The lowest BCUT2D eigenvalue weighted by molar-refractivity contribution is 0.416. The van der Waals surface area contributed by atoms with Crippen LogP contribution in [0, 0.1) is 0 Å². The first-order valence-electron chi connectivity index (χ1n) is 6.64. The highest BCUT2D eigenvalue weighted by Crippen LogP contribution is 2.40. The average molecular weight is 337 g/mol. The number of fused-ring (bicyclic) bond motifs is 1. The standard InChI is InChI=1S/C15H17BrN2S/c1-17-14(11-8-13(16)19-9-11)12-6-2-4-10-5-3-7-18-15(10)12/h3,5,7-9,12,14,17H,2,4,6H2,1H3. The summed E-state index contributed by atoms with van der Waals surface area (Å²) >= 11 is 5.31. The van der Waals surface area contributed by atoms with Crippen LogP contribution in [0.5, 0.6) is 0 Å². The number of rotatable bonds is 3. The summed E-state index contributed by atoms with van der Waals surface area (Å²) in [6, 6.07) is 6.86. The molecule has 0 amide bonds. The van der Waals surface area contributed by atoms with Crippen molar-refractivity contribution in [1.82, 2.24) is 10.3 Å². The quantitative estimate of drug-likeness (QED) is 0.904. The Hall–Kier alpha value is -0.710. The molecule has 2 atom stereocenters. The zero-order valence-electron chi connectivity index (χ0n) is 10.9. The molecule has 0 aromatic carbocycles. The van der Waals surface area contributed by atoms with Gasteiger partial charge >= 0.3 is 0 Å². The monoisotopic (exact) mass is 336 g/mol. The van der Waals surface area contributed by atoms with Crippen molar-refractivity contribution in [3.05, 3.63) is 50.4 Å². The van der Waals surface area contributed by atoms with Gasteiger partial charge in [-0.15, -0.1) is 11.3 Å². The first kappa shape index (κ1) is 13.3. The Kier molecular flexibility index (Phi) is 4.01. The molecular weight excluding hydrogens is 320 g/mol.